The molecule has 162 valence electrons. The van der Waals surface area contributed by atoms with E-state index < -0.39 is 5.54 Å². The molecular formula is C23H33N5O2. The number of anilines is 1. The Morgan fingerprint density at radius 1 is 1.07 bits per heavy atom. The molecule has 0 spiro atoms. The van der Waals surface area contributed by atoms with E-state index in [-0.39, 0.29) is 18.4 Å². The maximum Gasteiger partial charge on any atom is 0.252 e. The van der Waals surface area contributed by atoms with E-state index in [2.05, 4.69) is 34.3 Å². The Morgan fingerprint density at radius 3 is 2.27 bits per heavy atom. The maximum atomic E-state index is 12.9. The average molecular weight is 412 g/mol. The minimum atomic E-state index is -0.919. The zero-order chi connectivity index (χ0) is 21.6. The molecule has 30 heavy (non-hydrogen) atoms. The van der Waals surface area contributed by atoms with Crippen LogP contribution in [0.3, 0.4) is 0 Å². The Hall–Kier alpha value is -2.59. The van der Waals surface area contributed by atoms with E-state index in [1.165, 1.54) is 0 Å². The van der Waals surface area contributed by atoms with E-state index in [4.69, 9.17) is 5.26 Å². The number of hydrogen-bond acceptors (Lipinski definition) is 5. The van der Waals surface area contributed by atoms with Gasteiger partial charge in [0.25, 0.3) is 5.91 Å². The third-order valence-electron chi connectivity index (χ3n) is 6.36. The van der Waals surface area contributed by atoms with Gasteiger partial charge < -0.3 is 15.5 Å². The van der Waals surface area contributed by atoms with Gasteiger partial charge in [0, 0.05) is 43.5 Å². The second-order valence-electron chi connectivity index (χ2n) is 8.60. The molecule has 1 saturated carbocycles. The van der Waals surface area contributed by atoms with Gasteiger partial charge in [0.2, 0.25) is 5.91 Å². The van der Waals surface area contributed by atoms with Gasteiger partial charge in [-0.3, -0.25) is 14.5 Å². The van der Waals surface area contributed by atoms with Crippen LogP contribution in [0.4, 0.5) is 5.69 Å². The number of hydrogen-bond donors (Lipinski definition) is 2. The van der Waals surface area contributed by atoms with Crippen LogP contribution in [0.15, 0.2) is 24.3 Å². The number of benzene rings is 1. The third-order valence-corrected chi connectivity index (χ3v) is 6.36. The van der Waals surface area contributed by atoms with Crippen LogP contribution in [0.1, 0.15) is 56.3 Å². The summed E-state index contributed by atoms with van der Waals surface area (Å²) in [5.74, 6) is -0.489. The van der Waals surface area contributed by atoms with Crippen LogP contribution in [-0.4, -0.2) is 61.0 Å². The first-order chi connectivity index (χ1) is 14.4. The molecule has 3 rings (SSSR count). The van der Waals surface area contributed by atoms with Crippen LogP contribution in [-0.2, 0) is 4.79 Å². The van der Waals surface area contributed by atoms with Crippen molar-refractivity contribution in [1.29, 1.82) is 5.26 Å². The number of nitrogens with zero attached hydrogens (tertiary/aromatic N) is 3. The molecule has 0 radical (unpaired) electrons. The van der Waals surface area contributed by atoms with Crippen molar-refractivity contribution in [3.63, 3.8) is 0 Å². The van der Waals surface area contributed by atoms with E-state index in [0.29, 0.717) is 24.4 Å². The molecule has 1 aliphatic carbocycles. The highest BCUT2D eigenvalue weighted by molar-refractivity contribution is 5.99. The molecule has 1 heterocycles. The van der Waals surface area contributed by atoms with Gasteiger partial charge >= 0.3 is 0 Å². The number of carbonyl (C=O) groups excluding carboxylic acids is 2. The fourth-order valence-electron chi connectivity index (χ4n) is 4.46. The van der Waals surface area contributed by atoms with Crippen molar-refractivity contribution < 1.29 is 9.59 Å². The molecule has 1 aromatic rings. The zero-order valence-electron chi connectivity index (χ0n) is 18.1. The molecule has 2 N–H and O–H groups in total. The summed E-state index contributed by atoms with van der Waals surface area (Å²) in [7, 11) is 0. The summed E-state index contributed by atoms with van der Waals surface area (Å²) in [5.41, 5.74) is 0.754. The first-order valence-electron chi connectivity index (χ1n) is 11.0. The largest absolute Gasteiger partial charge is 0.369 e. The van der Waals surface area contributed by atoms with Crippen molar-refractivity contribution in [2.24, 2.45) is 0 Å². The van der Waals surface area contributed by atoms with Gasteiger partial charge in [-0.25, -0.2) is 0 Å². The fraction of sp³-hybridized carbons (Fsp3) is 0.609. The Bertz CT molecular complexity index is 770. The van der Waals surface area contributed by atoms with Crippen LogP contribution < -0.4 is 15.5 Å². The number of carbonyl (C=O) groups is 2. The lowest BCUT2D eigenvalue weighted by molar-refractivity contribution is -0.128. The predicted molar refractivity (Wildman–Crippen MR) is 117 cm³/mol. The van der Waals surface area contributed by atoms with Crippen molar-refractivity contribution in [1.82, 2.24) is 15.5 Å². The summed E-state index contributed by atoms with van der Waals surface area (Å²) < 4.78 is 0. The third kappa shape index (κ3) is 5.11. The van der Waals surface area contributed by atoms with E-state index in [1.807, 2.05) is 30.3 Å². The molecule has 1 aliphatic heterocycles. The normalized spacial score (nSPS) is 19.2. The standard InChI is InChI=1S/C23H33N5O2/c1-18(2)27-14-16-28(17-15-27)20-8-6-19(7-9-20)21(29)26-23(10-4-3-5-11-23)22(30)25-13-12-24/h6-9,18H,3-5,10-11,13-17H2,1-2H3,(H,25,30)(H,26,29). The van der Waals surface area contributed by atoms with Crippen molar-refractivity contribution >= 4 is 17.5 Å². The lowest BCUT2D eigenvalue weighted by atomic mass is 9.80. The Balaban J connectivity index is 1.64. The van der Waals surface area contributed by atoms with Crippen LogP contribution in [0, 0.1) is 11.3 Å². The van der Waals surface area contributed by atoms with Gasteiger partial charge in [-0.15, -0.1) is 0 Å². The Kier molecular flexibility index (Phi) is 7.33. The summed E-state index contributed by atoms with van der Waals surface area (Å²) >= 11 is 0. The summed E-state index contributed by atoms with van der Waals surface area (Å²) in [5, 5.41) is 14.4. The number of rotatable bonds is 6. The SMILES string of the molecule is CC(C)N1CCN(c2ccc(C(=O)NC3(C(=O)NCC#N)CCCCC3)cc2)CC1. The van der Waals surface area contributed by atoms with Crippen LogP contribution in [0.2, 0.25) is 0 Å². The number of nitrogens with one attached hydrogen (secondary N) is 2. The van der Waals surface area contributed by atoms with Crippen molar-refractivity contribution in [3.8, 4) is 6.07 Å². The van der Waals surface area contributed by atoms with Gasteiger partial charge in [-0.1, -0.05) is 19.3 Å². The summed E-state index contributed by atoms with van der Waals surface area (Å²) in [6.07, 6.45) is 4.05. The molecule has 0 bridgehead atoms. The van der Waals surface area contributed by atoms with E-state index in [0.717, 1.165) is 51.1 Å². The van der Waals surface area contributed by atoms with Crippen LogP contribution in [0.5, 0.6) is 0 Å². The molecule has 0 aromatic heterocycles. The molecule has 2 amide bonds. The maximum absolute atomic E-state index is 12.9. The Labute approximate surface area is 179 Å². The average Bonchev–Trinajstić information content (AvgIpc) is 2.78. The van der Waals surface area contributed by atoms with Crippen LogP contribution in [0.25, 0.3) is 0 Å². The first-order valence-corrected chi connectivity index (χ1v) is 11.0. The monoisotopic (exact) mass is 411 g/mol. The highest BCUT2D eigenvalue weighted by Gasteiger charge is 2.40. The molecular weight excluding hydrogens is 378 g/mol. The van der Waals surface area contributed by atoms with Gasteiger partial charge in [0.1, 0.15) is 12.1 Å². The molecule has 7 heteroatoms. The topological polar surface area (TPSA) is 88.5 Å². The second-order valence-corrected chi connectivity index (χ2v) is 8.60. The van der Waals surface area contributed by atoms with Gasteiger partial charge in [-0.05, 0) is 51.0 Å². The first kappa shape index (κ1) is 22.1. The van der Waals surface area contributed by atoms with E-state index in [1.54, 1.807) is 0 Å². The van der Waals surface area contributed by atoms with Gasteiger partial charge in [0.05, 0.1) is 6.07 Å². The number of nitriles is 1. The molecule has 1 saturated heterocycles. The lowest BCUT2D eigenvalue weighted by Crippen LogP contribution is -2.59. The quantitative estimate of drug-likeness (QED) is 0.701. The molecule has 0 atom stereocenters. The fourth-order valence-corrected chi connectivity index (χ4v) is 4.46. The Morgan fingerprint density at radius 2 is 1.70 bits per heavy atom. The minimum absolute atomic E-state index is 0.0464. The number of piperazine rings is 1. The highest BCUT2D eigenvalue weighted by Crippen LogP contribution is 2.29. The zero-order valence-corrected chi connectivity index (χ0v) is 18.1. The van der Waals surface area contributed by atoms with Crippen molar-refractivity contribution in [2.75, 3.05) is 37.6 Å². The van der Waals surface area contributed by atoms with Crippen molar-refractivity contribution in [2.45, 2.75) is 57.5 Å². The van der Waals surface area contributed by atoms with Gasteiger partial charge in [-0.2, -0.15) is 5.26 Å². The number of amides is 2. The minimum Gasteiger partial charge on any atom is -0.369 e. The van der Waals surface area contributed by atoms with E-state index in [9.17, 15) is 9.59 Å². The summed E-state index contributed by atoms with van der Waals surface area (Å²) in [6.45, 7) is 8.44. The van der Waals surface area contributed by atoms with Crippen molar-refractivity contribution in [3.05, 3.63) is 29.8 Å². The molecule has 1 aromatic carbocycles. The molecule has 2 aliphatic rings. The molecule has 7 nitrogen and oxygen atoms in total. The van der Waals surface area contributed by atoms with Gasteiger partial charge in [0.15, 0.2) is 0 Å². The lowest BCUT2D eigenvalue weighted by Gasteiger charge is -2.38. The predicted octanol–water partition coefficient (Wildman–Crippen LogP) is 2.29. The summed E-state index contributed by atoms with van der Waals surface area (Å²) in [4.78, 5) is 30.4. The highest BCUT2D eigenvalue weighted by atomic mass is 16.2. The van der Waals surface area contributed by atoms with E-state index >= 15 is 0 Å². The second kappa shape index (κ2) is 9.94. The molecule has 2 fully saturated rings. The van der Waals surface area contributed by atoms with Crippen LogP contribution >= 0.6 is 0 Å². The smallest absolute Gasteiger partial charge is 0.252 e. The molecule has 0 unspecified atom stereocenters. The summed E-state index contributed by atoms with van der Waals surface area (Å²) in [6, 6.07) is 10.2.